The lowest BCUT2D eigenvalue weighted by atomic mass is 9.78. The van der Waals surface area contributed by atoms with Crippen LogP contribution in [0.2, 0.25) is 0 Å². The van der Waals surface area contributed by atoms with Gasteiger partial charge in [-0.25, -0.2) is 0 Å². The van der Waals surface area contributed by atoms with Crippen molar-refractivity contribution in [2.24, 2.45) is 16.9 Å². The summed E-state index contributed by atoms with van der Waals surface area (Å²) in [6, 6.07) is 11.4. The number of primary amides is 1. The lowest BCUT2D eigenvalue weighted by Gasteiger charge is -2.40. The van der Waals surface area contributed by atoms with Crippen molar-refractivity contribution >= 4 is 17.7 Å². The average Bonchev–Trinajstić information content (AvgIpc) is 2.86. The Hall–Kier alpha value is -3.39. The number of ether oxygens (including phenoxy) is 1. The van der Waals surface area contributed by atoms with Gasteiger partial charge in [-0.3, -0.25) is 14.4 Å². The number of nitrogens with one attached hydrogen (secondary N) is 1. The summed E-state index contributed by atoms with van der Waals surface area (Å²) in [7, 11) is 0. The summed E-state index contributed by atoms with van der Waals surface area (Å²) in [6.45, 7) is 7.30. The number of aryl methyl sites for hydroxylation is 3. The molecule has 8 nitrogen and oxygen atoms in total. The van der Waals surface area contributed by atoms with Crippen molar-refractivity contribution in [2.45, 2.75) is 46.6 Å². The number of benzene rings is 2. The van der Waals surface area contributed by atoms with Gasteiger partial charge in [-0.2, -0.15) is 0 Å². The maximum absolute atomic E-state index is 13.6. The first-order chi connectivity index (χ1) is 16.7. The molecule has 5 N–H and O–H groups in total. The van der Waals surface area contributed by atoms with E-state index in [-0.39, 0.29) is 30.5 Å². The number of rotatable bonds is 9. The first-order valence-electron chi connectivity index (χ1n) is 12.1. The van der Waals surface area contributed by atoms with Crippen LogP contribution in [-0.4, -0.2) is 48.9 Å². The van der Waals surface area contributed by atoms with Gasteiger partial charge in [0.25, 0.3) is 5.91 Å². The van der Waals surface area contributed by atoms with Gasteiger partial charge in [0.1, 0.15) is 12.4 Å². The minimum atomic E-state index is -0.860. The lowest BCUT2D eigenvalue weighted by molar-refractivity contribution is -0.141. The normalized spacial score (nSPS) is 14.9. The predicted molar refractivity (Wildman–Crippen MR) is 135 cm³/mol. The Morgan fingerprint density at radius 3 is 2.40 bits per heavy atom. The first kappa shape index (κ1) is 26.2. The molecule has 0 radical (unpaired) electrons. The number of carbonyl (C=O) groups excluding carboxylic acids is 3. The van der Waals surface area contributed by atoms with E-state index < -0.39 is 11.3 Å². The van der Waals surface area contributed by atoms with E-state index in [2.05, 4.69) is 11.4 Å². The predicted octanol–water partition coefficient (Wildman–Crippen LogP) is 2.23. The molecule has 188 valence electrons. The summed E-state index contributed by atoms with van der Waals surface area (Å²) >= 11 is 0. The Kier molecular flexibility index (Phi) is 8.51. The van der Waals surface area contributed by atoms with Crippen LogP contribution in [0.3, 0.4) is 0 Å². The summed E-state index contributed by atoms with van der Waals surface area (Å²) in [5, 5.41) is 3.09. The van der Waals surface area contributed by atoms with Crippen molar-refractivity contribution < 1.29 is 19.1 Å². The van der Waals surface area contributed by atoms with Gasteiger partial charge in [0, 0.05) is 19.6 Å². The highest BCUT2D eigenvalue weighted by Gasteiger charge is 2.43. The van der Waals surface area contributed by atoms with Gasteiger partial charge in [-0.1, -0.05) is 36.8 Å². The molecule has 1 saturated heterocycles. The average molecular weight is 481 g/mol. The number of hydrogen-bond donors (Lipinski definition) is 3. The Morgan fingerprint density at radius 2 is 1.80 bits per heavy atom. The molecule has 1 fully saturated rings. The largest absolute Gasteiger partial charge is 0.492 e. The van der Waals surface area contributed by atoms with Gasteiger partial charge in [-0.15, -0.1) is 0 Å². The van der Waals surface area contributed by atoms with Crippen LogP contribution in [0.25, 0.3) is 0 Å². The molecule has 0 aliphatic carbocycles. The summed E-state index contributed by atoms with van der Waals surface area (Å²) in [6.07, 6.45) is 1.63. The second kappa shape index (κ2) is 11.4. The standard InChI is InChI=1S/C27H36N4O4/c1-4-20-6-8-22(25(29)33)23(14-20)35-17-27(9-11-31(12-10-27)24(32)15-28)26(34)30-16-21-7-5-18(2)13-19(21)3/h5-8,13-14H,4,9-12,15-17,28H2,1-3H3,(H2,29,33)(H,30,34). The molecule has 3 rings (SSSR count). The van der Waals surface area contributed by atoms with Gasteiger partial charge in [0.15, 0.2) is 0 Å². The van der Waals surface area contributed by atoms with Crippen LogP contribution < -0.4 is 21.5 Å². The molecule has 1 heterocycles. The van der Waals surface area contributed by atoms with Crippen molar-refractivity contribution in [3.63, 3.8) is 0 Å². The number of nitrogens with zero attached hydrogens (tertiary/aromatic N) is 1. The highest BCUT2D eigenvalue weighted by Crippen LogP contribution is 2.34. The van der Waals surface area contributed by atoms with E-state index in [1.807, 2.05) is 39.0 Å². The van der Waals surface area contributed by atoms with Crippen LogP contribution in [0.5, 0.6) is 5.75 Å². The number of carbonyl (C=O) groups is 3. The van der Waals surface area contributed by atoms with E-state index in [9.17, 15) is 14.4 Å². The van der Waals surface area contributed by atoms with Crippen LogP contribution >= 0.6 is 0 Å². The third-order valence-corrected chi connectivity index (χ3v) is 6.89. The molecule has 0 atom stereocenters. The quantitative estimate of drug-likeness (QED) is 0.507. The zero-order chi connectivity index (χ0) is 25.6. The number of hydrogen-bond acceptors (Lipinski definition) is 5. The van der Waals surface area contributed by atoms with Crippen LogP contribution in [0.4, 0.5) is 0 Å². The molecule has 0 unspecified atom stereocenters. The van der Waals surface area contributed by atoms with Gasteiger partial charge in [0.05, 0.1) is 17.5 Å². The van der Waals surface area contributed by atoms with Crippen LogP contribution in [0.1, 0.15) is 52.4 Å². The minimum Gasteiger partial charge on any atom is -0.492 e. The number of likely N-dealkylation sites (tertiary alicyclic amines) is 1. The molecule has 8 heteroatoms. The first-order valence-corrected chi connectivity index (χ1v) is 12.1. The molecule has 0 bridgehead atoms. The third kappa shape index (κ3) is 6.19. The van der Waals surface area contributed by atoms with Crippen molar-refractivity contribution in [3.8, 4) is 5.75 Å². The van der Waals surface area contributed by atoms with Crippen LogP contribution in [0.15, 0.2) is 36.4 Å². The molecule has 1 aliphatic heterocycles. The number of nitrogens with two attached hydrogens (primary N) is 2. The van der Waals surface area contributed by atoms with Crippen molar-refractivity contribution in [1.82, 2.24) is 10.2 Å². The fourth-order valence-electron chi connectivity index (χ4n) is 4.48. The highest BCUT2D eigenvalue weighted by atomic mass is 16.5. The van der Waals surface area contributed by atoms with E-state index in [1.165, 1.54) is 5.56 Å². The maximum Gasteiger partial charge on any atom is 0.252 e. The summed E-state index contributed by atoms with van der Waals surface area (Å²) in [4.78, 5) is 39.3. The van der Waals surface area contributed by atoms with Crippen molar-refractivity contribution in [2.75, 3.05) is 26.2 Å². The Labute approximate surface area is 207 Å². The Balaban J connectivity index is 1.82. The number of piperidine rings is 1. The lowest BCUT2D eigenvalue weighted by Crippen LogP contribution is -2.53. The smallest absolute Gasteiger partial charge is 0.252 e. The van der Waals surface area contributed by atoms with Gasteiger partial charge >= 0.3 is 0 Å². The molecule has 0 spiro atoms. The molecule has 0 saturated carbocycles. The summed E-state index contributed by atoms with van der Waals surface area (Å²) < 4.78 is 6.13. The van der Waals surface area contributed by atoms with Crippen LogP contribution in [0, 0.1) is 19.3 Å². The molecule has 0 aromatic heterocycles. The van der Waals surface area contributed by atoms with Crippen molar-refractivity contribution in [3.05, 3.63) is 64.2 Å². The van der Waals surface area contributed by atoms with Gasteiger partial charge in [-0.05, 0) is 61.9 Å². The summed E-state index contributed by atoms with van der Waals surface area (Å²) in [5.41, 5.74) is 14.8. The Bertz CT molecular complexity index is 1090. The fourth-order valence-corrected chi connectivity index (χ4v) is 4.48. The molecule has 1 aliphatic rings. The van der Waals surface area contributed by atoms with E-state index >= 15 is 0 Å². The molecular weight excluding hydrogens is 444 g/mol. The fraction of sp³-hybridized carbons (Fsp3) is 0.444. The highest BCUT2D eigenvalue weighted by molar-refractivity contribution is 5.95. The molecule has 2 aromatic carbocycles. The van der Waals surface area contributed by atoms with E-state index in [0.717, 1.165) is 23.1 Å². The van der Waals surface area contributed by atoms with E-state index in [0.29, 0.717) is 38.2 Å². The maximum atomic E-state index is 13.6. The van der Waals surface area contributed by atoms with E-state index in [1.54, 1.807) is 17.0 Å². The van der Waals surface area contributed by atoms with Crippen molar-refractivity contribution in [1.29, 1.82) is 0 Å². The minimum absolute atomic E-state index is 0.0613. The molecule has 2 aromatic rings. The van der Waals surface area contributed by atoms with Gasteiger partial charge < -0.3 is 26.4 Å². The number of amides is 3. The van der Waals surface area contributed by atoms with Gasteiger partial charge in [0.2, 0.25) is 11.8 Å². The summed E-state index contributed by atoms with van der Waals surface area (Å²) in [5.74, 6) is -0.482. The molecule has 3 amide bonds. The topological polar surface area (TPSA) is 128 Å². The zero-order valence-electron chi connectivity index (χ0n) is 20.9. The second-order valence-corrected chi connectivity index (χ2v) is 9.31. The van der Waals surface area contributed by atoms with Crippen LogP contribution in [-0.2, 0) is 22.6 Å². The monoisotopic (exact) mass is 480 g/mol. The van der Waals surface area contributed by atoms with E-state index in [4.69, 9.17) is 16.2 Å². The third-order valence-electron chi connectivity index (χ3n) is 6.89. The zero-order valence-corrected chi connectivity index (χ0v) is 20.9. The molecular formula is C27H36N4O4. The Morgan fingerprint density at radius 1 is 1.09 bits per heavy atom. The second-order valence-electron chi connectivity index (χ2n) is 9.31. The SMILES string of the molecule is CCc1ccc(C(N)=O)c(OCC2(C(=O)NCc3ccc(C)cc3C)CCN(C(=O)CN)CC2)c1. The molecule has 35 heavy (non-hydrogen) atoms.